The topological polar surface area (TPSA) is 26.3 Å². The van der Waals surface area contributed by atoms with Crippen LogP contribution in [0.2, 0.25) is 9.36 Å². The third-order valence-electron chi connectivity index (χ3n) is 1.65. The third-order valence-corrected chi connectivity index (χ3v) is 4.78. The Hall–Kier alpha value is -0.290. The molecule has 0 radical (unpaired) electrons. The van der Waals surface area contributed by atoms with Gasteiger partial charge in [-0.1, -0.05) is 23.2 Å². The Bertz CT molecular complexity index is 501. The summed E-state index contributed by atoms with van der Waals surface area (Å²) in [6.07, 6.45) is 0. The molecule has 0 fully saturated rings. The van der Waals surface area contributed by atoms with E-state index < -0.39 is 5.97 Å². The van der Waals surface area contributed by atoms with Crippen molar-refractivity contribution in [2.75, 3.05) is 7.11 Å². The van der Waals surface area contributed by atoms with Crippen molar-refractivity contribution in [1.82, 2.24) is 0 Å². The first kappa shape index (κ1) is 10.2. The van der Waals surface area contributed by atoms with Crippen LogP contribution in [-0.2, 0) is 4.74 Å². The Labute approximate surface area is 98.0 Å². The molecule has 14 heavy (non-hydrogen) atoms. The number of carbonyl (C=O) groups is 1. The predicted molar refractivity (Wildman–Crippen MR) is 61.1 cm³/mol. The summed E-state index contributed by atoms with van der Waals surface area (Å²) in [5.74, 6) is -0.403. The first-order chi connectivity index (χ1) is 6.63. The smallest absolute Gasteiger partial charge is 0.349 e. The molecule has 2 nitrogen and oxygen atoms in total. The summed E-state index contributed by atoms with van der Waals surface area (Å²) in [5, 5.41) is 0.439. The minimum Gasteiger partial charge on any atom is -0.465 e. The van der Waals surface area contributed by atoms with E-state index in [0.29, 0.717) is 14.2 Å². The molecule has 2 aromatic rings. The molecule has 2 rings (SSSR count). The van der Waals surface area contributed by atoms with E-state index in [9.17, 15) is 4.79 Å². The predicted octanol–water partition coefficient (Wildman–Crippen LogP) is 4.06. The molecule has 0 N–H and O–H groups in total. The summed E-state index contributed by atoms with van der Waals surface area (Å²) in [7, 11) is 1.33. The van der Waals surface area contributed by atoms with Crippen LogP contribution < -0.4 is 0 Å². The molecular formula is C8H4Cl2O2S2. The number of fused-ring (bicyclic) bond motifs is 1. The molecule has 0 amide bonds. The molecule has 0 aliphatic carbocycles. The van der Waals surface area contributed by atoms with Crippen LogP contribution >= 0.6 is 45.9 Å². The van der Waals surface area contributed by atoms with Crippen LogP contribution in [-0.4, -0.2) is 13.1 Å². The first-order valence-electron chi connectivity index (χ1n) is 3.59. The maximum Gasteiger partial charge on any atom is 0.349 e. The summed E-state index contributed by atoms with van der Waals surface area (Å²) in [6, 6.07) is 1.80. The van der Waals surface area contributed by atoms with Gasteiger partial charge >= 0.3 is 5.97 Å². The number of hydrogen-bond donors (Lipinski definition) is 0. The standard InChI is InChI=1S/C8H4Cl2O2S2/c1-12-8(11)7-5(10)6-3(13-7)2-4(9)14-6/h2H,1H3. The van der Waals surface area contributed by atoms with Gasteiger partial charge in [0, 0.05) is 4.70 Å². The van der Waals surface area contributed by atoms with Crippen molar-refractivity contribution in [3.8, 4) is 0 Å². The maximum atomic E-state index is 11.3. The molecule has 0 aliphatic rings. The number of esters is 1. The van der Waals surface area contributed by atoms with Crippen LogP contribution in [0.1, 0.15) is 9.67 Å². The number of ether oxygens (including phenoxy) is 1. The fraction of sp³-hybridized carbons (Fsp3) is 0.125. The molecule has 2 heterocycles. The van der Waals surface area contributed by atoms with Crippen LogP contribution in [0.4, 0.5) is 0 Å². The van der Waals surface area contributed by atoms with E-state index in [1.807, 2.05) is 0 Å². The van der Waals surface area contributed by atoms with Gasteiger partial charge in [-0.15, -0.1) is 22.7 Å². The molecule has 0 bridgehead atoms. The second kappa shape index (κ2) is 3.70. The molecule has 74 valence electrons. The molecule has 0 saturated carbocycles. The second-order valence-corrected chi connectivity index (χ2v) is 5.59. The Morgan fingerprint density at radius 2 is 2.14 bits per heavy atom. The summed E-state index contributed by atoms with van der Waals surface area (Å²) >= 11 is 14.5. The monoisotopic (exact) mass is 266 g/mol. The van der Waals surface area contributed by atoms with Crippen molar-refractivity contribution in [3.63, 3.8) is 0 Å². The Morgan fingerprint density at radius 1 is 1.43 bits per heavy atom. The number of methoxy groups -OCH3 is 1. The van der Waals surface area contributed by atoms with Crippen molar-refractivity contribution in [1.29, 1.82) is 0 Å². The van der Waals surface area contributed by atoms with Gasteiger partial charge < -0.3 is 4.74 Å². The quantitative estimate of drug-likeness (QED) is 0.728. The fourth-order valence-corrected chi connectivity index (χ4v) is 3.99. The average molecular weight is 267 g/mol. The maximum absolute atomic E-state index is 11.3. The number of halogens is 2. The summed E-state index contributed by atoms with van der Waals surface area (Å²) in [6.45, 7) is 0. The van der Waals surface area contributed by atoms with Crippen LogP contribution in [0.3, 0.4) is 0 Å². The molecule has 0 spiro atoms. The summed E-state index contributed by atoms with van der Waals surface area (Å²) in [5.41, 5.74) is 0. The lowest BCUT2D eigenvalue weighted by atomic mass is 10.4. The zero-order valence-corrected chi connectivity index (χ0v) is 10.1. The van der Waals surface area contributed by atoms with Crippen molar-refractivity contribution in [2.45, 2.75) is 0 Å². The van der Waals surface area contributed by atoms with E-state index in [1.54, 1.807) is 6.07 Å². The Balaban J connectivity index is 2.64. The van der Waals surface area contributed by atoms with Gasteiger partial charge in [-0.2, -0.15) is 0 Å². The highest BCUT2D eigenvalue weighted by Gasteiger charge is 2.19. The fourth-order valence-electron chi connectivity index (χ4n) is 1.06. The van der Waals surface area contributed by atoms with Gasteiger partial charge in [-0.05, 0) is 6.07 Å². The van der Waals surface area contributed by atoms with Gasteiger partial charge in [0.2, 0.25) is 0 Å². The molecule has 0 atom stereocenters. The number of hydrogen-bond acceptors (Lipinski definition) is 4. The normalized spacial score (nSPS) is 10.8. The lowest BCUT2D eigenvalue weighted by Gasteiger charge is -1.93. The van der Waals surface area contributed by atoms with Crippen LogP contribution in [0.15, 0.2) is 6.07 Å². The van der Waals surface area contributed by atoms with Crippen molar-refractivity contribution >= 4 is 61.2 Å². The van der Waals surface area contributed by atoms with Gasteiger partial charge in [0.05, 0.1) is 21.2 Å². The highest BCUT2D eigenvalue weighted by Crippen LogP contribution is 2.42. The van der Waals surface area contributed by atoms with E-state index in [1.165, 1.54) is 29.8 Å². The zero-order chi connectivity index (χ0) is 10.3. The van der Waals surface area contributed by atoms with Gasteiger partial charge in [-0.3, -0.25) is 0 Å². The summed E-state index contributed by atoms with van der Waals surface area (Å²) in [4.78, 5) is 11.7. The lowest BCUT2D eigenvalue weighted by molar-refractivity contribution is 0.0606. The van der Waals surface area contributed by atoms with E-state index in [-0.39, 0.29) is 0 Å². The average Bonchev–Trinajstić information content (AvgIpc) is 2.64. The first-order valence-corrected chi connectivity index (χ1v) is 5.98. The Morgan fingerprint density at radius 3 is 2.71 bits per heavy atom. The van der Waals surface area contributed by atoms with E-state index in [0.717, 1.165) is 9.40 Å². The zero-order valence-electron chi connectivity index (χ0n) is 6.97. The van der Waals surface area contributed by atoms with E-state index in [2.05, 4.69) is 4.74 Å². The van der Waals surface area contributed by atoms with Crippen molar-refractivity contribution < 1.29 is 9.53 Å². The minimum absolute atomic E-state index is 0.403. The second-order valence-electron chi connectivity index (χ2n) is 2.48. The molecular weight excluding hydrogens is 263 g/mol. The van der Waals surface area contributed by atoms with Gasteiger partial charge in [0.15, 0.2) is 0 Å². The van der Waals surface area contributed by atoms with Crippen LogP contribution in [0, 0.1) is 0 Å². The lowest BCUT2D eigenvalue weighted by Crippen LogP contribution is -1.97. The van der Waals surface area contributed by atoms with E-state index in [4.69, 9.17) is 23.2 Å². The highest BCUT2D eigenvalue weighted by molar-refractivity contribution is 7.31. The Kier molecular flexibility index (Phi) is 2.70. The number of rotatable bonds is 1. The van der Waals surface area contributed by atoms with Crippen LogP contribution in [0.5, 0.6) is 0 Å². The molecule has 6 heteroatoms. The van der Waals surface area contributed by atoms with Crippen molar-refractivity contribution in [2.24, 2.45) is 0 Å². The van der Waals surface area contributed by atoms with Gasteiger partial charge in [0.25, 0.3) is 0 Å². The minimum atomic E-state index is -0.403. The van der Waals surface area contributed by atoms with Gasteiger partial charge in [-0.25, -0.2) is 4.79 Å². The molecule has 0 aliphatic heterocycles. The molecule has 2 aromatic heterocycles. The number of thiophene rings is 2. The van der Waals surface area contributed by atoms with E-state index >= 15 is 0 Å². The highest BCUT2D eigenvalue weighted by atomic mass is 35.5. The van der Waals surface area contributed by atoms with Gasteiger partial charge in [0.1, 0.15) is 4.88 Å². The van der Waals surface area contributed by atoms with Crippen molar-refractivity contribution in [3.05, 3.63) is 20.3 Å². The molecule has 0 saturated heterocycles. The van der Waals surface area contributed by atoms with Crippen LogP contribution in [0.25, 0.3) is 9.40 Å². The number of carbonyl (C=O) groups excluding carboxylic acids is 1. The third kappa shape index (κ3) is 1.52. The molecule has 0 unspecified atom stereocenters. The largest absolute Gasteiger partial charge is 0.465 e. The summed E-state index contributed by atoms with van der Waals surface area (Å²) < 4.78 is 7.05. The molecule has 0 aromatic carbocycles. The SMILES string of the molecule is COC(=O)c1sc2cc(Cl)sc2c1Cl.